The number of carbonyl (C=O) groups excluding carboxylic acids is 2. The molecule has 0 saturated carbocycles. The molecule has 35 heavy (non-hydrogen) atoms. The van der Waals surface area contributed by atoms with Crippen molar-refractivity contribution in [3.63, 3.8) is 0 Å². The van der Waals surface area contributed by atoms with Gasteiger partial charge >= 0.3 is 0 Å². The van der Waals surface area contributed by atoms with E-state index in [-0.39, 0.29) is 17.6 Å². The van der Waals surface area contributed by atoms with Crippen LogP contribution in [0.25, 0.3) is 0 Å². The van der Waals surface area contributed by atoms with E-state index in [4.69, 9.17) is 18.6 Å². The number of amides is 2. The summed E-state index contributed by atoms with van der Waals surface area (Å²) in [6.07, 6.45) is 2.16. The van der Waals surface area contributed by atoms with E-state index in [1.54, 1.807) is 49.6 Å². The van der Waals surface area contributed by atoms with Crippen LogP contribution >= 0.6 is 0 Å². The Bertz CT molecular complexity index is 1330. The van der Waals surface area contributed by atoms with E-state index in [1.807, 2.05) is 6.92 Å². The first-order valence-electron chi connectivity index (χ1n) is 11.4. The van der Waals surface area contributed by atoms with Gasteiger partial charge in [0.1, 0.15) is 24.7 Å². The van der Waals surface area contributed by atoms with Gasteiger partial charge in [-0.05, 0) is 50.1 Å². The lowest BCUT2D eigenvalue weighted by Crippen LogP contribution is -2.22. The Morgan fingerprint density at radius 3 is 2.66 bits per heavy atom. The van der Waals surface area contributed by atoms with Crippen LogP contribution in [0, 0.1) is 6.92 Å². The van der Waals surface area contributed by atoms with Crippen LogP contribution in [0.2, 0.25) is 0 Å². The molecule has 0 bridgehead atoms. The normalized spacial score (nSPS) is 15.3. The predicted molar refractivity (Wildman–Crippen MR) is 129 cm³/mol. The summed E-state index contributed by atoms with van der Waals surface area (Å²) in [5.41, 5.74) is 5.77. The minimum Gasteiger partial charge on any atom is -0.497 e. The molecule has 2 aliphatic rings. The molecule has 5 rings (SSSR count). The Labute approximate surface area is 202 Å². The highest BCUT2D eigenvalue weighted by Crippen LogP contribution is 2.34. The summed E-state index contributed by atoms with van der Waals surface area (Å²) >= 11 is 0. The largest absolute Gasteiger partial charge is 0.497 e. The maximum absolute atomic E-state index is 13.0. The number of furan rings is 1. The highest BCUT2D eigenvalue weighted by atomic mass is 16.6. The minimum atomic E-state index is -0.367. The van der Waals surface area contributed by atoms with Gasteiger partial charge < -0.3 is 23.9 Å². The predicted octanol–water partition coefficient (Wildman–Crippen LogP) is 4.09. The number of nitrogens with zero attached hydrogens (tertiary/aromatic N) is 1. The second-order valence-electron chi connectivity index (χ2n) is 8.25. The Balaban J connectivity index is 1.35. The smallest absolute Gasteiger partial charge is 0.291 e. The molecule has 9 heteroatoms. The first kappa shape index (κ1) is 22.5. The van der Waals surface area contributed by atoms with Crippen LogP contribution in [-0.4, -0.2) is 37.8 Å². The quantitative estimate of drug-likeness (QED) is 0.538. The molecule has 0 fully saturated rings. The van der Waals surface area contributed by atoms with Gasteiger partial charge in [0.25, 0.3) is 11.8 Å². The molecule has 0 radical (unpaired) electrons. The molecule has 1 aliphatic carbocycles. The summed E-state index contributed by atoms with van der Waals surface area (Å²) < 4.78 is 22.3. The average Bonchev–Trinajstić information content (AvgIpc) is 3.24. The van der Waals surface area contributed by atoms with Crippen LogP contribution in [0.5, 0.6) is 17.2 Å². The summed E-state index contributed by atoms with van der Waals surface area (Å²) in [4.78, 5) is 25.6. The number of hydrogen-bond donors (Lipinski definition) is 2. The second-order valence-corrected chi connectivity index (χ2v) is 8.25. The SMILES string of the molecule is COc1cccc(C(=O)N/N=C2\CCCc3oc(C(=O)Nc4ccc5c(c4)OCCO5)c(C)c32)c1. The van der Waals surface area contributed by atoms with E-state index in [0.29, 0.717) is 71.6 Å². The minimum absolute atomic E-state index is 0.221. The van der Waals surface area contributed by atoms with E-state index >= 15 is 0 Å². The summed E-state index contributed by atoms with van der Waals surface area (Å²) in [5.74, 6) is 2.02. The second kappa shape index (κ2) is 9.54. The standard InChI is InChI=1S/C26H25N3O6/c1-15-23-19(28-29-25(30)16-5-3-6-18(13-16)32-2)7-4-8-21(23)35-24(15)26(31)27-17-9-10-20-22(14-17)34-12-11-33-20/h3,5-6,9-10,13-14H,4,7-8,11-12H2,1-2H3,(H,27,31)(H,29,30)/b28-19+. The van der Waals surface area contributed by atoms with E-state index in [2.05, 4.69) is 15.8 Å². The Kier molecular flexibility index (Phi) is 6.13. The number of benzene rings is 2. The highest BCUT2D eigenvalue weighted by molar-refractivity contribution is 6.09. The van der Waals surface area contributed by atoms with E-state index in [9.17, 15) is 9.59 Å². The molecule has 0 saturated heterocycles. The molecule has 0 spiro atoms. The third-order valence-electron chi connectivity index (χ3n) is 5.96. The number of carbonyl (C=O) groups is 2. The maximum Gasteiger partial charge on any atom is 0.291 e. The Hall–Kier alpha value is -4.27. The molecular formula is C26H25N3O6. The zero-order valence-electron chi connectivity index (χ0n) is 19.5. The lowest BCUT2D eigenvalue weighted by molar-refractivity contribution is 0.0953. The molecule has 2 aromatic carbocycles. The van der Waals surface area contributed by atoms with Crippen molar-refractivity contribution in [3.05, 3.63) is 70.7 Å². The fraction of sp³-hybridized carbons (Fsp3) is 0.269. The van der Waals surface area contributed by atoms with Gasteiger partial charge in [0.05, 0.1) is 12.8 Å². The molecule has 1 aromatic heterocycles. The van der Waals surface area contributed by atoms with Gasteiger partial charge in [0.2, 0.25) is 0 Å². The molecule has 0 unspecified atom stereocenters. The first-order chi connectivity index (χ1) is 17.0. The van der Waals surface area contributed by atoms with Gasteiger partial charge in [-0.25, -0.2) is 5.43 Å². The van der Waals surface area contributed by atoms with Crippen LogP contribution in [0.3, 0.4) is 0 Å². The van der Waals surface area contributed by atoms with Crippen molar-refractivity contribution in [2.24, 2.45) is 5.10 Å². The van der Waals surface area contributed by atoms with Crippen LogP contribution in [-0.2, 0) is 6.42 Å². The summed E-state index contributed by atoms with van der Waals surface area (Å²) in [6.45, 7) is 2.79. The summed E-state index contributed by atoms with van der Waals surface area (Å²) in [5, 5.41) is 7.24. The van der Waals surface area contributed by atoms with Gasteiger partial charge in [-0.1, -0.05) is 6.07 Å². The van der Waals surface area contributed by atoms with Crippen LogP contribution in [0.15, 0.2) is 52.0 Å². The van der Waals surface area contributed by atoms with E-state index < -0.39 is 0 Å². The van der Waals surface area contributed by atoms with Crippen molar-refractivity contribution in [2.45, 2.75) is 26.2 Å². The maximum atomic E-state index is 13.0. The Morgan fingerprint density at radius 1 is 1.00 bits per heavy atom. The number of hydrazone groups is 1. The summed E-state index contributed by atoms with van der Waals surface area (Å²) in [7, 11) is 1.55. The zero-order chi connectivity index (χ0) is 24.4. The number of hydrogen-bond acceptors (Lipinski definition) is 7. The molecule has 2 amide bonds. The van der Waals surface area contributed by atoms with Crippen molar-refractivity contribution < 1.29 is 28.2 Å². The van der Waals surface area contributed by atoms with Crippen molar-refractivity contribution in [1.29, 1.82) is 0 Å². The monoisotopic (exact) mass is 475 g/mol. The lowest BCUT2D eigenvalue weighted by atomic mass is 9.93. The third-order valence-corrected chi connectivity index (χ3v) is 5.96. The molecule has 1 aliphatic heterocycles. The lowest BCUT2D eigenvalue weighted by Gasteiger charge is -2.18. The van der Waals surface area contributed by atoms with Gasteiger partial charge in [0.15, 0.2) is 17.3 Å². The van der Waals surface area contributed by atoms with Crippen LogP contribution in [0.4, 0.5) is 5.69 Å². The summed E-state index contributed by atoms with van der Waals surface area (Å²) in [6, 6.07) is 12.1. The molecule has 180 valence electrons. The number of anilines is 1. The van der Waals surface area contributed by atoms with E-state index in [1.165, 1.54) is 0 Å². The van der Waals surface area contributed by atoms with Gasteiger partial charge in [-0.2, -0.15) is 5.10 Å². The number of fused-ring (bicyclic) bond motifs is 2. The van der Waals surface area contributed by atoms with Gasteiger partial charge in [-0.3, -0.25) is 9.59 Å². The number of methoxy groups -OCH3 is 1. The molecule has 0 atom stereocenters. The number of rotatable bonds is 5. The molecule has 3 aromatic rings. The third kappa shape index (κ3) is 4.57. The van der Waals surface area contributed by atoms with Crippen molar-refractivity contribution in [2.75, 3.05) is 25.6 Å². The van der Waals surface area contributed by atoms with Crippen LogP contribution in [0.1, 0.15) is 50.6 Å². The zero-order valence-corrected chi connectivity index (χ0v) is 19.5. The van der Waals surface area contributed by atoms with Crippen molar-refractivity contribution in [3.8, 4) is 17.2 Å². The fourth-order valence-electron chi connectivity index (χ4n) is 4.25. The number of aryl methyl sites for hydroxylation is 1. The van der Waals surface area contributed by atoms with Crippen molar-refractivity contribution >= 4 is 23.2 Å². The van der Waals surface area contributed by atoms with Crippen LogP contribution < -0.4 is 25.0 Å². The van der Waals surface area contributed by atoms with Gasteiger partial charge in [-0.15, -0.1) is 0 Å². The van der Waals surface area contributed by atoms with E-state index in [0.717, 1.165) is 12.0 Å². The Morgan fingerprint density at radius 2 is 1.83 bits per heavy atom. The topological polar surface area (TPSA) is 111 Å². The molecule has 2 heterocycles. The number of nitrogens with one attached hydrogen (secondary N) is 2. The molecular weight excluding hydrogens is 450 g/mol. The average molecular weight is 476 g/mol. The highest BCUT2D eigenvalue weighted by Gasteiger charge is 2.28. The van der Waals surface area contributed by atoms with Gasteiger partial charge in [0, 0.05) is 34.9 Å². The molecule has 9 nitrogen and oxygen atoms in total. The van der Waals surface area contributed by atoms with Crippen molar-refractivity contribution in [1.82, 2.24) is 5.43 Å². The number of ether oxygens (including phenoxy) is 3. The fourth-order valence-corrected chi connectivity index (χ4v) is 4.25. The first-order valence-corrected chi connectivity index (χ1v) is 11.4. The molecule has 2 N–H and O–H groups in total.